The standard InChI is InChI=1S/C15H23NO/c1-3-11-7-8-12(4-2)13(10-11)15(16)14-6-5-9-17-14/h7-8,10,14-15H,3-6,9,16H2,1-2H3. The Hall–Kier alpha value is -0.860. The number of benzene rings is 1. The number of aryl methyl sites for hydroxylation is 2. The smallest absolute Gasteiger partial charge is 0.0768 e. The topological polar surface area (TPSA) is 35.2 Å². The summed E-state index contributed by atoms with van der Waals surface area (Å²) in [6, 6.07) is 6.75. The van der Waals surface area contributed by atoms with Crippen molar-refractivity contribution in [3.63, 3.8) is 0 Å². The fourth-order valence-electron chi connectivity index (χ4n) is 2.58. The minimum atomic E-state index is 0.0407. The summed E-state index contributed by atoms with van der Waals surface area (Å²) in [7, 11) is 0. The summed E-state index contributed by atoms with van der Waals surface area (Å²) >= 11 is 0. The van der Waals surface area contributed by atoms with Crippen LogP contribution in [0.3, 0.4) is 0 Å². The fourth-order valence-corrected chi connectivity index (χ4v) is 2.58. The van der Waals surface area contributed by atoms with E-state index in [0.717, 1.165) is 32.3 Å². The Balaban J connectivity index is 2.27. The zero-order chi connectivity index (χ0) is 12.3. The average Bonchev–Trinajstić information content (AvgIpc) is 2.91. The minimum Gasteiger partial charge on any atom is -0.376 e. The van der Waals surface area contributed by atoms with Gasteiger partial charge in [-0.05, 0) is 42.4 Å². The second kappa shape index (κ2) is 5.65. The Bertz CT molecular complexity index is 369. The second-order valence-corrected chi connectivity index (χ2v) is 4.82. The van der Waals surface area contributed by atoms with Crippen molar-refractivity contribution in [2.45, 2.75) is 51.7 Å². The molecule has 2 nitrogen and oxygen atoms in total. The van der Waals surface area contributed by atoms with Gasteiger partial charge in [-0.1, -0.05) is 32.0 Å². The monoisotopic (exact) mass is 233 g/mol. The van der Waals surface area contributed by atoms with Crippen LogP contribution in [0.2, 0.25) is 0 Å². The van der Waals surface area contributed by atoms with Gasteiger partial charge in [-0.3, -0.25) is 0 Å². The summed E-state index contributed by atoms with van der Waals surface area (Å²) in [6.45, 7) is 5.24. The molecule has 0 aromatic heterocycles. The van der Waals surface area contributed by atoms with Crippen LogP contribution in [0.25, 0.3) is 0 Å². The summed E-state index contributed by atoms with van der Waals surface area (Å²) in [6.07, 6.45) is 4.57. The van der Waals surface area contributed by atoms with Crippen LogP contribution in [-0.2, 0) is 17.6 Å². The molecule has 0 spiro atoms. The third-order valence-corrected chi connectivity index (χ3v) is 3.72. The van der Waals surface area contributed by atoms with Gasteiger partial charge in [0.2, 0.25) is 0 Å². The fraction of sp³-hybridized carbons (Fsp3) is 0.600. The van der Waals surface area contributed by atoms with Crippen LogP contribution in [0.5, 0.6) is 0 Å². The van der Waals surface area contributed by atoms with Gasteiger partial charge in [0.05, 0.1) is 12.1 Å². The van der Waals surface area contributed by atoms with Gasteiger partial charge >= 0.3 is 0 Å². The van der Waals surface area contributed by atoms with Gasteiger partial charge in [0.1, 0.15) is 0 Å². The van der Waals surface area contributed by atoms with Gasteiger partial charge < -0.3 is 10.5 Å². The molecule has 1 aromatic rings. The van der Waals surface area contributed by atoms with E-state index < -0.39 is 0 Å². The predicted molar refractivity (Wildman–Crippen MR) is 71.1 cm³/mol. The Morgan fingerprint density at radius 2 is 2.18 bits per heavy atom. The van der Waals surface area contributed by atoms with E-state index in [1.54, 1.807) is 0 Å². The molecule has 1 aliphatic rings. The van der Waals surface area contributed by atoms with E-state index in [1.165, 1.54) is 16.7 Å². The molecule has 0 aliphatic carbocycles. The Kier molecular flexibility index (Phi) is 4.19. The van der Waals surface area contributed by atoms with Crippen molar-refractivity contribution in [1.82, 2.24) is 0 Å². The highest BCUT2D eigenvalue weighted by atomic mass is 16.5. The van der Waals surface area contributed by atoms with Crippen molar-refractivity contribution < 1.29 is 4.74 Å². The lowest BCUT2D eigenvalue weighted by Crippen LogP contribution is -2.26. The molecule has 2 atom stereocenters. The zero-order valence-corrected chi connectivity index (χ0v) is 10.9. The van der Waals surface area contributed by atoms with Crippen LogP contribution in [0.4, 0.5) is 0 Å². The lowest BCUT2D eigenvalue weighted by molar-refractivity contribution is 0.0898. The highest BCUT2D eigenvalue weighted by Gasteiger charge is 2.25. The lowest BCUT2D eigenvalue weighted by Gasteiger charge is -2.22. The van der Waals surface area contributed by atoms with Gasteiger partial charge in [-0.25, -0.2) is 0 Å². The van der Waals surface area contributed by atoms with Crippen LogP contribution in [0.1, 0.15) is 49.4 Å². The molecule has 17 heavy (non-hydrogen) atoms. The van der Waals surface area contributed by atoms with Crippen LogP contribution < -0.4 is 5.73 Å². The summed E-state index contributed by atoms with van der Waals surface area (Å²) in [5.41, 5.74) is 10.4. The first-order chi connectivity index (χ1) is 8.26. The molecule has 2 rings (SSSR count). The largest absolute Gasteiger partial charge is 0.376 e. The third-order valence-electron chi connectivity index (χ3n) is 3.72. The van der Waals surface area contributed by atoms with Crippen molar-refractivity contribution >= 4 is 0 Å². The maximum Gasteiger partial charge on any atom is 0.0768 e. The highest BCUT2D eigenvalue weighted by molar-refractivity contribution is 5.35. The molecule has 2 unspecified atom stereocenters. The molecule has 2 heteroatoms. The van der Waals surface area contributed by atoms with Crippen molar-refractivity contribution in [3.05, 3.63) is 34.9 Å². The maximum atomic E-state index is 6.38. The highest BCUT2D eigenvalue weighted by Crippen LogP contribution is 2.28. The van der Waals surface area contributed by atoms with Crippen molar-refractivity contribution in [2.75, 3.05) is 6.61 Å². The van der Waals surface area contributed by atoms with Crippen LogP contribution in [-0.4, -0.2) is 12.7 Å². The first kappa shape index (κ1) is 12.6. The van der Waals surface area contributed by atoms with Crippen molar-refractivity contribution in [2.24, 2.45) is 5.73 Å². The molecular formula is C15H23NO. The molecule has 1 aromatic carbocycles. The van der Waals surface area contributed by atoms with Gasteiger partial charge in [0, 0.05) is 6.61 Å². The molecule has 0 radical (unpaired) electrons. The molecule has 1 saturated heterocycles. The first-order valence-electron chi connectivity index (χ1n) is 6.75. The van der Waals surface area contributed by atoms with Gasteiger partial charge in [-0.15, -0.1) is 0 Å². The van der Waals surface area contributed by atoms with Gasteiger partial charge in [0.25, 0.3) is 0 Å². The number of ether oxygens (including phenoxy) is 1. The number of rotatable bonds is 4. The first-order valence-corrected chi connectivity index (χ1v) is 6.75. The molecular weight excluding hydrogens is 210 g/mol. The summed E-state index contributed by atoms with van der Waals surface area (Å²) in [5, 5.41) is 0. The van der Waals surface area contributed by atoms with E-state index in [0.29, 0.717) is 0 Å². The van der Waals surface area contributed by atoms with Crippen LogP contribution >= 0.6 is 0 Å². The second-order valence-electron chi connectivity index (χ2n) is 4.82. The average molecular weight is 233 g/mol. The summed E-state index contributed by atoms with van der Waals surface area (Å²) in [4.78, 5) is 0. The number of hydrogen-bond donors (Lipinski definition) is 1. The SMILES string of the molecule is CCc1ccc(CC)c(C(N)C2CCCO2)c1. The predicted octanol–water partition coefficient (Wildman–Crippen LogP) is 2.99. The van der Waals surface area contributed by atoms with E-state index in [9.17, 15) is 0 Å². The van der Waals surface area contributed by atoms with E-state index in [2.05, 4.69) is 32.0 Å². The minimum absolute atomic E-state index is 0.0407. The zero-order valence-electron chi connectivity index (χ0n) is 10.9. The molecule has 1 fully saturated rings. The molecule has 94 valence electrons. The van der Waals surface area contributed by atoms with Crippen molar-refractivity contribution in [3.8, 4) is 0 Å². The maximum absolute atomic E-state index is 6.38. The van der Waals surface area contributed by atoms with E-state index in [1.807, 2.05) is 0 Å². The van der Waals surface area contributed by atoms with Crippen molar-refractivity contribution in [1.29, 1.82) is 0 Å². The lowest BCUT2D eigenvalue weighted by atomic mass is 9.92. The molecule has 1 heterocycles. The van der Waals surface area contributed by atoms with Crippen LogP contribution in [0, 0.1) is 0 Å². The number of hydrogen-bond acceptors (Lipinski definition) is 2. The summed E-state index contributed by atoms with van der Waals surface area (Å²) in [5.74, 6) is 0. The van der Waals surface area contributed by atoms with E-state index >= 15 is 0 Å². The normalized spacial score (nSPS) is 21.7. The molecule has 0 bridgehead atoms. The Morgan fingerprint density at radius 1 is 1.35 bits per heavy atom. The molecule has 2 N–H and O–H groups in total. The Labute approximate surface area is 104 Å². The van der Waals surface area contributed by atoms with Crippen LogP contribution in [0.15, 0.2) is 18.2 Å². The molecule has 1 aliphatic heterocycles. The molecule has 0 saturated carbocycles. The van der Waals surface area contributed by atoms with E-state index in [-0.39, 0.29) is 12.1 Å². The number of nitrogens with two attached hydrogens (primary N) is 1. The third kappa shape index (κ3) is 2.70. The van der Waals surface area contributed by atoms with Gasteiger partial charge in [0.15, 0.2) is 0 Å². The Morgan fingerprint density at radius 3 is 2.76 bits per heavy atom. The van der Waals surface area contributed by atoms with E-state index in [4.69, 9.17) is 10.5 Å². The molecule has 0 amide bonds. The van der Waals surface area contributed by atoms with Gasteiger partial charge in [-0.2, -0.15) is 0 Å². The summed E-state index contributed by atoms with van der Waals surface area (Å²) < 4.78 is 5.72. The quantitative estimate of drug-likeness (QED) is 0.867.